The molecule has 1 spiro atoms. The number of hydrogen-bond donors (Lipinski definition) is 1. The van der Waals surface area contributed by atoms with E-state index in [0.717, 1.165) is 28.3 Å². The second-order valence-corrected chi connectivity index (χ2v) is 16.2. The maximum absolute atomic E-state index is 6.93. The zero-order chi connectivity index (χ0) is 19.8. The molecule has 9 atom stereocenters. The van der Waals surface area contributed by atoms with Crippen LogP contribution in [-0.2, 0) is 4.74 Å². The SMILES string of the molecule is CC1=C2CC3[C@@H](CC[C@@H]4CCCCS34C)C2CC[C@]2(C1)CC1NC[C@@H](C)C[C@H]1O2. The van der Waals surface area contributed by atoms with Crippen LogP contribution in [0.4, 0.5) is 0 Å². The second kappa shape index (κ2) is 7.01. The quantitative estimate of drug-likeness (QED) is 0.503. The zero-order valence-electron chi connectivity index (χ0n) is 19.1. The Kier molecular flexibility index (Phi) is 4.75. The summed E-state index contributed by atoms with van der Waals surface area (Å²) in [5.41, 5.74) is 3.84. The molecule has 6 aliphatic rings. The molecule has 0 aromatic carbocycles. The lowest BCUT2D eigenvalue weighted by molar-refractivity contribution is -0.0605. The molecule has 0 bridgehead atoms. The van der Waals surface area contributed by atoms with Crippen molar-refractivity contribution in [2.75, 3.05) is 18.6 Å². The molecular weight excluding hydrogens is 374 g/mol. The van der Waals surface area contributed by atoms with Crippen LogP contribution in [0.15, 0.2) is 11.1 Å². The third kappa shape index (κ3) is 3.04. The van der Waals surface area contributed by atoms with E-state index in [9.17, 15) is 0 Å². The zero-order valence-corrected chi connectivity index (χ0v) is 19.9. The van der Waals surface area contributed by atoms with E-state index in [0.29, 0.717) is 12.1 Å². The molecule has 2 nitrogen and oxygen atoms in total. The summed E-state index contributed by atoms with van der Waals surface area (Å²) in [7, 11) is -0.380. The fourth-order valence-electron chi connectivity index (χ4n) is 8.91. The maximum Gasteiger partial charge on any atom is 0.0740 e. The Balaban J connectivity index is 1.26. The minimum absolute atomic E-state index is 0.155. The number of piperidine rings is 1. The predicted octanol–water partition coefficient (Wildman–Crippen LogP) is 5.80. The summed E-state index contributed by atoms with van der Waals surface area (Å²) in [6, 6.07) is 0.621. The van der Waals surface area contributed by atoms with E-state index < -0.39 is 0 Å². The molecular formula is C26H43NOS. The second-order valence-electron chi connectivity index (χ2n) is 12.1. The molecule has 5 fully saturated rings. The van der Waals surface area contributed by atoms with E-state index in [2.05, 4.69) is 25.4 Å². The predicted molar refractivity (Wildman–Crippen MR) is 125 cm³/mol. The van der Waals surface area contributed by atoms with Crippen LogP contribution in [-0.4, -0.2) is 46.8 Å². The Hall–Kier alpha value is 0.01000. The number of hydrogen-bond acceptors (Lipinski definition) is 2. The van der Waals surface area contributed by atoms with E-state index in [1.54, 1.807) is 24.2 Å². The molecule has 4 saturated heterocycles. The maximum atomic E-state index is 6.93. The number of nitrogens with one attached hydrogen (secondary N) is 1. The average Bonchev–Trinajstić information content (AvgIpc) is 3.20. The summed E-state index contributed by atoms with van der Waals surface area (Å²) < 4.78 is 6.93. The molecule has 0 aromatic rings. The van der Waals surface area contributed by atoms with Crippen molar-refractivity contribution >= 4 is 10.0 Å². The normalized spacial score (nSPS) is 56.7. The van der Waals surface area contributed by atoms with Crippen LogP contribution in [0.5, 0.6) is 0 Å². The standard InChI is InChI=1S/C26H43NOS/c1-17-12-24-23(27-16-17)15-26(28-24)10-9-20-21-8-7-19-6-4-5-11-29(19,3)25(21)13-22(20)18(2)14-26/h17,19-21,23-25,27H,4-16H2,1-3H3/t17-,19-,20?,21-,23?,24+,25?,26-/m0/s1. The van der Waals surface area contributed by atoms with Crippen molar-refractivity contribution in [3.05, 3.63) is 11.1 Å². The fraction of sp³-hybridized carbons (Fsp3) is 0.923. The molecule has 1 saturated carbocycles. The molecule has 4 aliphatic heterocycles. The molecule has 29 heavy (non-hydrogen) atoms. The number of allylic oxidation sites excluding steroid dienone is 1. The third-order valence-corrected chi connectivity index (χ3v) is 15.4. The summed E-state index contributed by atoms with van der Waals surface area (Å²) in [6.07, 6.45) is 18.9. The molecule has 4 heterocycles. The molecule has 164 valence electrons. The highest BCUT2D eigenvalue weighted by Crippen LogP contribution is 2.70. The van der Waals surface area contributed by atoms with Gasteiger partial charge in [-0.2, -0.15) is 0 Å². The summed E-state index contributed by atoms with van der Waals surface area (Å²) >= 11 is 0. The van der Waals surface area contributed by atoms with Gasteiger partial charge in [0.1, 0.15) is 0 Å². The topological polar surface area (TPSA) is 21.3 Å². The first-order valence-electron chi connectivity index (χ1n) is 12.8. The number of ether oxygens (including phenoxy) is 1. The van der Waals surface area contributed by atoms with Gasteiger partial charge in [0.25, 0.3) is 0 Å². The largest absolute Gasteiger partial charge is 0.370 e. The minimum atomic E-state index is -0.380. The Morgan fingerprint density at radius 3 is 2.93 bits per heavy atom. The van der Waals surface area contributed by atoms with Crippen molar-refractivity contribution in [3.63, 3.8) is 0 Å². The lowest BCUT2D eigenvalue weighted by atomic mass is 9.82. The highest BCUT2D eigenvalue weighted by molar-refractivity contribution is 8.34. The van der Waals surface area contributed by atoms with Crippen LogP contribution >= 0.6 is 10.0 Å². The summed E-state index contributed by atoms with van der Waals surface area (Å²) in [6.45, 7) is 6.08. The summed E-state index contributed by atoms with van der Waals surface area (Å²) in [5, 5.41) is 6.01. The summed E-state index contributed by atoms with van der Waals surface area (Å²) in [4.78, 5) is 0. The van der Waals surface area contributed by atoms with Gasteiger partial charge in [-0.15, -0.1) is 0 Å². The van der Waals surface area contributed by atoms with E-state index in [4.69, 9.17) is 4.74 Å². The van der Waals surface area contributed by atoms with Gasteiger partial charge in [-0.05, 0) is 118 Å². The highest BCUT2D eigenvalue weighted by atomic mass is 32.3. The number of rotatable bonds is 0. The van der Waals surface area contributed by atoms with Gasteiger partial charge in [0.15, 0.2) is 0 Å². The van der Waals surface area contributed by atoms with Crippen molar-refractivity contribution in [3.8, 4) is 0 Å². The van der Waals surface area contributed by atoms with Crippen molar-refractivity contribution < 1.29 is 4.74 Å². The van der Waals surface area contributed by atoms with E-state index in [1.165, 1.54) is 64.3 Å². The van der Waals surface area contributed by atoms with Gasteiger partial charge >= 0.3 is 0 Å². The van der Waals surface area contributed by atoms with E-state index >= 15 is 0 Å². The van der Waals surface area contributed by atoms with Gasteiger partial charge in [-0.1, -0.05) is 24.5 Å². The Bertz CT molecular complexity index is 705. The Morgan fingerprint density at radius 2 is 2.03 bits per heavy atom. The van der Waals surface area contributed by atoms with Crippen LogP contribution in [0.3, 0.4) is 0 Å². The molecule has 0 amide bonds. The number of fused-ring (bicyclic) bond motifs is 6. The molecule has 2 aliphatic carbocycles. The monoisotopic (exact) mass is 417 g/mol. The highest BCUT2D eigenvalue weighted by Gasteiger charge is 2.55. The molecule has 0 radical (unpaired) electrons. The average molecular weight is 418 g/mol. The van der Waals surface area contributed by atoms with Gasteiger partial charge in [-0.3, -0.25) is 0 Å². The van der Waals surface area contributed by atoms with Crippen molar-refractivity contribution in [2.45, 2.75) is 113 Å². The first-order chi connectivity index (χ1) is 14.0. The smallest absolute Gasteiger partial charge is 0.0740 e. The molecule has 4 unspecified atom stereocenters. The van der Waals surface area contributed by atoms with Gasteiger partial charge in [-0.25, -0.2) is 10.0 Å². The first kappa shape index (κ1) is 19.7. The fourth-order valence-corrected chi connectivity index (χ4v) is 13.9. The van der Waals surface area contributed by atoms with Crippen LogP contribution < -0.4 is 5.32 Å². The van der Waals surface area contributed by atoms with E-state index in [1.807, 2.05) is 5.57 Å². The summed E-state index contributed by atoms with van der Waals surface area (Å²) in [5.74, 6) is 4.29. The lowest BCUT2D eigenvalue weighted by Crippen LogP contribution is -2.45. The molecule has 6 rings (SSSR count). The van der Waals surface area contributed by atoms with Crippen molar-refractivity contribution in [1.29, 1.82) is 0 Å². The van der Waals surface area contributed by atoms with Gasteiger partial charge < -0.3 is 10.1 Å². The third-order valence-electron chi connectivity index (χ3n) is 10.4. The van der Waals surface area contributed by atoms with Crippen LogP contribution in [0, 0.1) is 17.8 Å². The van der Waals surface area contributed by atoms with Gasteiger partial charge in [0.2, 0.25) is 0 Å². The van der Waals surface area contributed by atoms with Crippen LogP contribution in [0.1, 0.15) is 84.5 Å². The Morgan fingerprint density at radius 1 is 1.14 bits per heavy atom. The molecule has 0 aromatic heterocycles. The van der Waals surface area contributed by atoms with Gasteiger partial charge in [0, 0.05) is 6.04 Å². The molecule has 1 N–H and O–H groups in total. The van der Waals surface area contributed by atoms with Gasteiger partial charge in [0.05, 0.1) is 11.7 Å². The molecule has 3 heteroatoms. The van der Waals surface area contributed by atoms with E-state index in [-0.39, 0.29) is 15.6 Å². The Labute approximate surface area is 180 Å². The van der Waals surface area contributed by atoms with Crippen LogP contribution in [0.2, 0.25) is 0 Å². The lowest BCUT2D eigenvalue weighted by Gasteiger charge is -2.57. The van der Waals surface area contributed by atoms with Crippen molar-refractivity contribution in [1.82, 2.24) is 5.32 Å². The minimum Gasteiger partial charge on any atom is -0.370 e. The first-order valence-corrected chi connectivity index (χ1v) is 15.1. The van der Waals surface area contributed by atoms with Crippen LogP contribution in [0.25, 0.3) is 0 Å². The van der Waals surface area contributed by atoms with Crippen molar-refractivity contribution in [2.24, 2.45) is 17.8 Å².